The highest BCUT2D eigenvalue weighted by Crippen LogP contribution is 2.23. The molecule has 170 valence electrons. The zero-order chi connectivity index (χ0) is 22.3. The lowest BCUT2D eigenvalue weighted by molar-refractivity contribution is -0.134. The van der Waals surface area contributed by atoms with Crippen LogP contribution in [-0.4, -0.2) is 30.8 Å². The van der Waals surface area contributed by atoms with Gasteiger partial charge in [-0.2, -0.15) is 0 Å². The van der Waals surface area contributed by atoms with E-state index in [1.54, 1.807) is 6.20 Å². The molecule has 0 radical (unpaired) electrons. The summed E-state index contributed by atoms with van der Waals surface area (Å²) in [6.07, 6.45) is 8.55. The van der Waals surface area contributed by atoms with E-state index in [9.17, 15) is 4.79 Å². The van der Waals surface area contributed by atoms with Crippen LogP contribution in [0.4, 0.5) is 0 Å². The monoisotopic (exact) mass is 427 g/mol. The van der Waals surface area contributed by atoms with Gasteiger partial charge in [0, 0.05) is 31.6 Å². The molecule has 0 N–H and O–H groups in total. The minimum atomic E-state index is -0.181. The van der Waals surface area contributed by atoms with Crippen LogP contribution in [-0.2, 0) is 9.53 Å². The number of unbranched alkanes of at least 4 members (excludes halogenated alkanes) is 2. The molecular formula is C26H37NO4. The van der Waals surface area contributed by atoms with Crippen molar-refractivity contribution >= 4 is 5.97 Å². The van der Waals surface area contributed by atoms with Gasteiger partial charge in [0.15, 0.2) is 0 Å². The second-order valence-corrected chi connectivity index (χ2v) is 7.95. The molecule has 0 aliphatic rings. The van der Waals surface area contributed by atoms with Crippen LogP contribution < -0.4 is 9.47 Å². The maximum Gasteiger partial charge on any atom is 0.311 e. The lowest BCUT2D eigenvalue weighted by Crippen LogP contribution is -2.09. The number of hydrogen-bond acceptors (Lipinski definition) is 5. The quantitative estimate of drug-likeness (QED) is 0.186. The molecule has 1 aromatic carbocycles. The summed E-state index contributed by atoms with van der Waals surface area (Å²) in [5.41, 5.74) is 1.81. The zero-order valence-electron chi connectivity index (χ0n) is 19.3. The molecule has 1 aromatic heterocycles. The Morgan fingerprint density at radius 2 is 1.68 bits per heavy atom. The third kappa shape index (κ3) is 9.97. The summed E-state index contributed by atoms with van der Waals surface area (Å²) in [4.78, 5) is 16.4. The summed E-state index contributed by atoms with van der Waals surface area (Å²) < 4.78 is 16.7. The first kappa shape index (κ1) is 24.9. The van der Waals surface area contributed by atoms with Gasteiger partial charge in [0.2, 0.25) is 0 Å². The van der Waals surface area contributed by atoms with Gasteiger partial charge in [0.1, 0.15) is 11.5 Å². The van der Waals surface area contributed by atoms with Crippen molar-refractivity contribution in [1.29, 1.82) is 0 Å². The van der Waals surface area contributed by atoms with Gasteiger partial charge in [-0.15, -0.1) is 0 Å². The third-order valence-electron chi connectivity index (χ3n) is 5.25. The largest absolute Gasteiger partial charge is 0.492 e. The lowest BCUT2D eigenvalue weighted by Gasteiger charge is -2.09. The molecule has 1 unspecified atom stereocenters. The molecule has 1 atom stereocenters. The molecule has 5 nitrogen and oxygen atoms in total. The van der Waals surface area contributed by atoms with Crippen LogP contribution in [0.3, 0.4) is 0 Å². The third-order valence-corrected chi connectivity index (χ3v) is 5.25. The van der Waals surface area contributed by atoms with Gasteiger partial charge in [-0.3, -0.25) is 9.78 Å². The molecule has 5 heteroatoms. The van der Waals surface area contributed by atoms with E-state index < -0.39 is 0 Å². The van der Waals surface area contributed by atoms with Crippen molar-refractivity contribution in [1.82, 2.24) is 4.98 Å². The van der Waals surface area contributed by atoms with E-state index in [2.05, 4.69) is 25.8 Å². The van der Waals surface area contributed by atoms with E-state index in [1.165, 1.54) is 12.8 Å². The summed E-state index contributed by atoms with van der Waals surface area (Å²) in [5, 5.41) is 0. The van der Waals surface area contributed by atoms with Crippen molar-refractivity contribution in [2.24, 2.45) is 5.92 Å². The lowest BCUT2D eigenvalue weighted by atomic mass is 10.0. The van der Waals surface area contributed by atoms with Crippen molar-refractivity contribution in [2.75, 3.05) is 19.8 Å². The number of carbonyl (C=O) groups excluding carboxylic acids is 1. The van der Waals surface area contributed by atoms with Gasteiger partial charge in [0.05, 0.1) is 18.5 Å². The Kier molecular flexibility index (Phi) is 11.7. The standard InChI is InChI=1S/C26H37NO4/c1-4-6-7-17-29-18-8-19-30-24-14-15-25(27-20-24)22-10-12-23(13-11-22)31-26(28)16-9-21(3)5-2/h10-15,20-21H,4-9,16-19H2,1-3H3. The van der Waals surface area contributed by atoms with Crippen molar-refractivity contribution in [2.45, 2.75) is 65.7 Å². The van der Waals surface area contributed by atoms with Crippen LogP contribution in [0.5, 0.6) is 11.5 Å². The Balaban J connectivity index is 1.72. The SMILES string of the molecule is CCCCCOCCCOc1ccc(-c2ccc(OC(=O)CCC(C)CC)cc2)nc1. The van der Waals surface area contributed by atoms with Gasteiger partial charge in [-0.25, -0.2) is 0 Å². The Morgan fingerprint density at radius 3 is 2.35 bits per heavy atom. The second kappa shape index (κ2) is 14.6. The Morgan fingerprint density at radius 1 is 0.935 bits per heavy atom. The van der Waals surface area contributed by atoms with Gasteiger partial charge < -0.3 is 14.2 Å². The number of carbonyl (C=O) groups is 1. The molecule has 0 bridgehead atoms. The number of benzene rings is 1. The molecule has 0 saturated heterocycles. The summed E-state index contributed by atoms with van der Waals surface area (Å²) >= 11 is 0. The normalized spacial score (nSPS) is 11.8. The second-order valence-electron chi connectivity index (χ2n) is 7.95. The summed E-state index contributed by atoms with van der Waals surface area (Å²) in [6.45, 7) is 8.65. The maximum atomic E-state index is 12.0. The summed E-state index contributed by atoms with van der Waals surface area (Å²) in [7, 11) is 0. The fraction of sp³-hybridized carbons (Fsp3) is 0.538. The van der Waals surface area contributed by atoms with Crippen LogP contribution in [0.15, 0.2) is 42.6 Å². The first-order valence-electron chi connectivity index (χ1n) is 11.6. The highest BCUT2D eigenvalue weighted by atomic mass is 16.5. The number of ether oxygens (including phenoxy) is 3. The number of nitrogens with zero attached hydrogens (tertiary/aromatic N) is 1. The van der Waals surface area contributed by atoms with Gasteiger partial charge >= 0.3 is 5.97 Å². The maximum absolute atomic E-state index is 12.0. The minimum absolute atomic E-state index is 0.181. The van der Waals surface area contributed by atoms with Crippen molar-refractivity contribution in [3.8, 4) is 22.8 Å². The first-order chi connectivity index (χ1) is 15.1. The molecule has 2 aromatic rings. The number of pyridine rings is 1. The minimum Gasteiger partial charge on any atom is -0.492 e. The van der Waals surface area contributed by atoms with Crippen LogP contribution in [0.1, 0.15) is 65.7 Å². The number of hydrogen-bond donors (Lipinski definition) is 0. The fourth-order valence-electron chi connectivity index (χ4n) is 2.99. The fourth-order valence-corrected chi connectivity index (χ4v) is 2.99. The zero-order valence-corrected chi connectivity index (χ0v) is 19.3. The van der Waals surface area contributed by atoms with Crippen molar-refractivity contribution < 1.29 is 19.0 Å². The topological polar surface area (TPSA) is 57.7 Å². The Bertz CT molecular complexity index is 743. The summed E-state index contributed by atoms with van der Waals surface area (Å²) in [6, 6.07) is 11.3. The summed E-state index contributed by atoms with van der Waals surface area (Å²) in [5.74, 6) is 1.67. The number of aromatic nitrogens is 1. The van der Waals surface area contributed by atoms with E-state index >= 15 is 0 Å². The Hall–Kier alpha value is -2.40. The average Bonchev–Trinajstić information content (AvgIpc) is 2.80. The molecule has 1 heterocycles. The molecule has 0 aliphatic heterocycles. The van der Waals surface area contributed by atoms with Crippen LogP contribution >= 0.6 is 0 Å². The highest BCUT2D eigenvalue weighted by molar-refractivity contribution is 5.72. The molecule has 31 heavy (non-hydrogen) atoms. The smallest absolute Gasteiger partial charge is 0.311 e. The average molecular weight is 428 g/mol. The molecule has 0 aliphatic carbocycles. The number of rotatable bonds is 15. The highest BCUT2D eigenvalue weighted by Gasteiger charge is 2.08. The van der Waals surface area contributed by atoms with E-state index in [1.807, 2.05) is 36.4 Å². The molecule has 0 spiro atoms. The van der Waals surface area contributed by atoms with Gasteiger partial charge in [0.25, 0.3) is 0 Å². The molecule has 0 fully saturated rings. The number of esters is 1. The van der Waals surface area contributed by atoms with E-state index in [0.717, 1.165) is 55.9 Å². The van der Waals surface area contributed by atoms with Crippen LogP contribution in [0, 0.1) is 5.92 Å². The molecule has 0 saturated carbocycles. The predicted octanol–water partition coefficient (Wildman–Crippen LogP) is 6.46. The van der Waals surface area contributed by atoms with E-state index in [0.29, 0.717) is 24.7 Å². The molecular weight excluding hydrogens is 390 g/mol. The first-order valence-corrected chi connectivity index (χ1v) is 11.6. The van der Waals surface area contributed by atoms with Crippen LogP contribution in [0.25, 0.3) is 11.3 Å². The van der Waals surface area contributed by atoms with E-state index in [-0.39, 0.29) is 5.97 Å². The van der Waals surface area contributed by atoms with E-state index in [4.69, 9.17) is 14.2 Å². The molecule has 2 rings (SSSR count). The van der Waals surface area contributed by atoms with Crippen molar-refractivity contribution in [3.63, 3.8) is 0 Å². The van der Waals surface area contributed by atoms with Gasteiger partial charge in [-0.1, -0.05) is 40.0 Å². The molecule has 0 amide bonds. The Labute approximate surface area is 187 Å². The van der Waals surface area contributed by atoms with Crippen LogP contribution in [0.2, 0.25) is 0 Å². The predicted molar refractivity (Wildman–Crippen MR) is 124 cm³/mol. The van der Waals surface area contributed by atoms with Crippen molar-refractivity contribution in [3.05, 3.63) is 42.6 Å². The van der Waals surface area contributed by atoms with Gasteiger partial charge in [-0.05, 0) is 55.2 Å².